The summed E-state index contributed by atoms with van der Waals surface area (Å²) in [5.74, 6) is 0.885. The second-order valence-corrected chi connectivity index (χ2v) is 8.53. The molecule has 1 aromatic carbocycles. The molecule has 1 aliphatic carbocycles. The lowest BCUT2D eigenvalue weighted by molar-refractivity contribution is 0.0558. The minimum absolute atomic E-state index is 0.349. The standard InChI is InChI=1S/C23H39N3O2/c1-25(21-10-3-2-4-11-21)18-22(27)19-28-23-12-6-5-9-20(23)17-24-13-16-26-14-7-8-15-26/h5-6,9,12,21-22,24,27H,2-4,7-8,10-11,13-19H2,1H3. The molecule has 2 aliphatic rings. The molecule has 1 heterocycles. The van der Waals surface area contributed by atoms with Crippen LogP contribution in [0.5, 0.6) is 5.75 Å². The Hall–Kier alpha value is -1.14. The Morgan fingerprint density at radius 2 is 1.89 bits per heavy atom. The zero-order valence-corrected chi connectivity index (χ0v) is 17.6. The van der Waals surface area contributed by atoms with Crippen molar-refractivity contribution in [3.63, 3.8) is 0 Å². The van der Waals surface area contributed by atoms with Gasteiger partial charge in [0, 0.05) is 37.8 Å². The fourth-order valence-corrected chi connectivity index (χ4v) is 4.50. The summed E-state index contributed by atoms with van der Waals surface area (Å²) in [6.45, 7) is 6.45. The van der Waals surface area contributed by atoms with Crippen LogP contribution in [-0.4, -0.2) is 73.4 Å². The predicted molar refractivity (Wildman–Crippen MR) is 115 cm³/mol. The van der Waals surface area contributed by atoms with Gasteiger partial charge in [0.2, 0.25) is 0 Å². The van der Waals surface area contributed by atoms with Crippen molar-refractivity contribution < 1.29 is 9.84 Å². The minimum Gasteiger partial charge on any atom is -0.491 e. The zero-order valence-electron chi connectivity index (χ0n) is 17.6. The fraction of sp³-hybridized carbons (Fsp3) is 0.739. The minimum atomic E-state index is -0.455. The van der Waals surface area contributed by atoms with E-state index in [4.69, 9.17) is 4.74 Å². The van der Waals surface area contributed by atoms with Crippen molar-refractivity contribution in [2.75, 3.05) is 46.4 Å². The molecule has 1 saturated heterocycles. The van der Waals surface area contributed by atoms with Crippen LogP contribution in [0.3, 0.4) is 0 Å². The van der Waals surface area contributed by atoms with Crippen molar-refractivity contribution in [1.29, 1.82) is 0 Å². The van der Waals surface area contributed by atoms with Crippen molar-refractivity contribution in [2.45, 2.75) is 63.6 Å². The normalized spacial score (nSPS) is 20.0. The second kappa shape index (κ2) is 11.8. The van der Waals surface area contributed by atoms with Gasteiger partial charge in [0.05, 0.1) is 0 Å². The predicted octanol–water partition coefficient (Wildman–Crippen LogP) is 2.88. The Labute approximate surface area is 171 Å². The lowest BCUT2D eigenvalue weighted by atomic mass is 9.94. The second-order valence-electron chi connectivity index (χ2n) is 8.53. The van der Waals surface area contributed by atoms with E-state index >= 15 is 0 Å². The van der Waals surface area contributed by atoms with Crippen molar-refractivity contribution in [1.82, 2.24) is 15.1 Å². The number of nitrogens with zero attached hydrogens (tertiary/aromatic N) is 2. The number of nitrogens with one attached hydrogen (secondary N) is 1. The topological polar surface area (TPSA) is 48.0 Å². The Morgan fingerprint density at radius 3 is 2.68 bits per heavy atom. The molecule has 3 rings (SSSR count). The quantitative estimate of drug-likeness (QED) is 0.570. The van der Waals surface area contributed by atoms with Gasteiger partial charge in [0.15, 0.2) is 0 Å². The zero-order chi connectivity index (χ0) is 19.6. The number of likely N-dealkylation sites (tertiary alicyclic amines) is 1. The molecule has 0 spiro atoms. The lowest BCUT2D eigenvalue weighted by Gasteiger charge is -2.32. The first-order valence-corrected chi connectivity index (χ1v) is 11.2. The Kier molecular flexibility index (Phi) is 9.06. The monoisotopic (exact) mass is 389 g/mol. The average molecular weight is 390 g/mol. The van der Waals surface area contributed by atoms with E-state index in [-0.39, 0.29) is 0 Å². The van der Waals surface area contributed by atoms with E-state index in [0.717, 1.165) is 30.9 Å². The molecule has 0 radical (unpaired) electrons. The smallest absolute Gasteiger partial charge is 0.123 e. The molecule has 0 amide bonds. The van der Waals surface area contributed by atoms with E-state index < -0.39 is 6.10 Å². The van der Waals surface area contributed by atoms with Gasteiger partial charge in [-0.15, -0.1) is 0 Å². The lowest BCUT2D eigenvalue weighted by Crippen LogP contribution is -2.40. The highest BCUT2D eigenvalue weighted by molar-refractivity contribution is 5.33. The van der Waals surface area contributed by atoms with Crippen LogP contribution in [0.25, 0.3) is 0 Å². The van der Waals surface area contributed by atoms with Gasteiger partial charge in [0.1, 0.15) is 18.5 Å². The van der Waals surface area contributed by atoms with Crippen LogP contribution in [0, 0.1) is 0 Å². The molecule has 5 nitrogen and oxygen atoms in total. The molecule has 1 unspecified atom stereocenters. The van der Waals surface area contributed by atoms with E-state index in [0.29, 0.717) is 19.2 Å². The molecular formula is C23H39N3O2. The summed E-state index contributed by atoms with van der Waals surface area (Å²) < 4.78 is 5.99. The van der Waals surface area contributed by atoms with Gasteiger partial charge in [-0.1, -0.05) is 37.5 Å². The number of hydrogen-bond acceptors (Lipinski definition) is 5. The largest absolute Gasteiger partial charge is 0.491 e. The summed E-state index contributed by atoms with van der Waals surface area (Å²) in [6.07, 6.45) is 8.75. The van der Waals surface area contributed by atoms with Gasteiger partial charge in [0.25, 0.3) is 0 Å². The molecule has 1 atom stereocenters. The maximum absolute atomic E-state index is 10.5. The molecule has 0 bridgehead atoms. The third-order valence-corrected chi connectivity index (χ3v) is 6.22. The van der Waals surface area contributed by atoms with E-state index in [1.165, 1.54) is 58.0 Å². The maximum Gasteiger partial charge on any atom is 0.123 e. The highest BCUT2D eigenvalue weighted by atomic mass is 16.5. The summed E-state index contributed by atoms with van der Waals surface area (Å²) >= 11 is 0. The number of rotatable bonds is 11. The SMILES string of the molecule is CN(CC(O)COc1ccccc1CNCCN1CCCC1)C1CCCCC1. The maximum atomic E-state index is 10.5. The Bertz CT molecular complexity index is 557. The third kappa shape index (κ3) is 7.03. The number of benzene rings is 1. The van der Waals surface area contributed by atoms with Crippen LogP contribution in [0.1, 0.15) is 50.5 Å². The number of aliphatic hydroxyl groups is 1. The average Bonchev–Trinajstić information content (AvgIpc) is 3.24. The van der Waals surface area contributed by atoms with Gasteiger partial charge >= 0.3 is 0 Å². The molecular weight excluding hydrogens is 350 g/mol. The van der Waals surface area contributed by atoms with Crippen molar-refractivity contribution in [2.24, 2.45) is 0 Å². The van der Waals surface area contributed by atoms with E-state index in [1.807, 2.05) is 12.1 Å². The molecule has 2 fully saturated rings. The molecule has 0 aromatic heterocycles. The van der Waals surface area contributed by atoms with Crippen LogP contribution in [0.2, 0.25) is 0 Å². The van der Waals surface area contributed by atoms with Crippen LogP contribution < -0.4 is 10.1 Å². The number of hydrogen-bond donors (Lipinski definition) is 2. The Balaban J connectivity index is 1.38. The van der Waals surface area contributed by atoms with Crippen molar-refractivity contribution in [3.8, 4) is 5.75 Å². The molecule has 5 heteroatoms. The van der Waals surface area contributed by atoms with E-state index in [2.05, 4.69) is 34.3 Å². The molecule has 28 heavy (non-hydrogen) atoms. The van der Waals surface area contributed by atoms with Gasteiger partial charge in [-0.2, -0.15) is 0 Å². The van der Waals surface area contributed by atoms with Gasteiger partial charge in [-0.3, -0.25) is 0 Å². The first kappa shape index (κ1) is 21.6. The van der Waals surface area contributed by atoms with E-state index in [1.54, 1.807) is 0 Å². The highest BCUT2D eigenvalue weighted by Crippen LogP contribution is 2.22. The summed E-state index contributed by atoms with van der Waals surface area (Å²) in [6, 6.07) is 8.80. The van der Waals surface area contributed by atoms with Gasteiger partial charge in [-0.25, -0.2) is 0 Å². The summed E-state index contributed by atoms with van der Waals surface area (Å²) in [5, 5.41) is 14.0. The highest BCUT2D eigenvalue weighted by Gasteiger charge is 2.20. The molecule has 1 aromatic rings. The molecule has 158 valence electrons. The summed E-state index contributed by atoms with van der Waals surface area (Å²) in [4.78, 5) is 4.84. The van der Waals surface area contributed by atoms with Crippen LogP contribution in [-0.2, 0) is 6.54 Å². The fourth-order valence-electron chi connectivity index (χ4n) is 4.50. The van der Waals surface area contributed by atoms with Crippen LogP contribution in [0.15, 0.2) is 24.3 Å². The number of likely N-dealkylation sites (N-methyl/N-ethyl adjacent to an activating group) is 1. The first-order chi connectivity index (χ1) is 13.7. The molecule has 2 N–H and O–H groups in total. The molecule has 1 aliphatic heterocycles. The third-order valence-electron chi connectivity index (χ3n) is 6.22. The summed E-state index contributed by atoms with van der Waals surface area (Å²) in [5.41, 5.74) is 1.16. The van der Waals surface area contributed by atoms with Gasteiger partial charge in [-0.05, 0) is 51.9 Å². The van der Waals surface area contributed by atoms with E-state index in [9.17, 15) is 5.11 Å². The van der Waals surface area contributed by atoms with Crippen molar-refractivity contribution >= 4 is 0 Å². The first-order valence-electron chi connectivity index (χ1n) is 11.2. The number of para-hydroxylation sites is 1. The number of ether oxygens (including phenoxy) is 1. The van der Waals surface area contributed by atoms with Gasteiger partial charge < -0.3 is 25.0 Å². The van der Waals surface area contributed by atoms with Crippen LogP contribution in [0.4, 0.5) is 0 Å². The van der Waals surface area contributed by atoms with Crippen molar-refractivity contribution in [3.05, 3.63) is 29.8 Å². The number of aliphatic hydroxyl groups excluding tert-OH is 1. The summed E-state index contributed by atoms with van der Waals surface area (Å²) in [7, 11) is 2.14. The Morgan fingerprint density at radius 1 is 1.14 bits per heavy atom. The van der Waals surface area contributed by atoms with Crippen LogP contribution >= 0.6 is 0 Å². The molecule has 1 saturated carbocycles.